The lowest BCUT2D eigenvalue weighted by atomic mass is 9.84. The standard InChI is InChI=1S/C16H27NO2/c1-4-13-7-5-6-8-14(13)19-16(12(3)17)15-10-9-11(2)18-15/h9-10,12-14,16H,4-8,17H2,1-3H3. The van der Waals surface area contributed by atoms with Crippen molar-refractivity contribution < 1.29 is 9.15 Å². The van der Waals surface area contributed by atoms with Crippen molar-refractivity contribution >= 4 is 0 Å². The third-order valence-corrected chi connectivity index (χ3v) is 4.20. The maximum Gasteiger partial charge on any atom is 0.134 e. The Labute approximate surface area is 116 Å². The second-order valence-electron chi connectivity index (χ2n) is 5.86. The molecule has 0 amide bonds. The van der Waals surface area contributed by atoms with E-state index < -0.39 is 0 Å². The molecule has 0 aromatic carbocycles. The van der Waals surface area contributed by atoms with Gasteiger partial charge in [0.25, 0.3) is 0 Å². The topological polar surface area (TPSA) is 48.4 Å². The molecule has 4 atom stereocenters. The first-order valence-corrected chi connectivity index (χ1v) is 7.59. The summed E-state index contributed by atoms with van der Waals surface area (Å²) in [7, 11) is 0. The molecule has 2 N–H and O–H groups in total. The van der Waals surface area contributed by atoms with Crippen LogP contribution in [0.4, 0.5) is 0 Å². The summed E-state index contributed by atoms with van der Waals surface area (Å²) >= 11 is 0. The van der Waals surface area contributed by atoms with E-state index in [-0.39, 0.29) is 12.1 Å². The van der Waals surface area contributed by atoms with E-state index >= 15 is 0 Å². The number of furan rings is 1. The van der Waals surface area contributed by atoms with Crippen LogP contribution in [0.5, 0.6) is 0 Å². The summed E-state index contributed by atoms with van der Waals surface area (Å²) in [5.41, 5.74) is 6.10. The Morgan fingerprint density at radius 3 is 2.68 bits per heavy atom. The van der Waals surface area contributed by atoms with Gasteiger partial charge in [-0.3, -0.25) is 0 Å². The van der Waals surface area contributed by atoms with Crippen LogP contribution >= 0.6 is 0 Å². The van der Waals surface area contributed by atoms with Crippen molar-refractivity contribution in [3.63, 3.8) is 0 Å². The molecule has 3 heteroatoms. The minimum atomic E-state index is -0.120. The highest BCUT2D eigenvalue weighted by Crippen LogP contribution is 2.34. The SMILES string of the molecule is CCC1CCCCC1OC(c1ccc(C)o1)C(C)N. The van der Waals surface area contributed by atoms with Crippen molar-refractivity contribution in [2.75, 3.05) is 0 Å². The fraction of sp³-hybridized carbons (Fsp3) is 0.750. The van der Waals surface area contributed by atoms with Gasteiger partial charge < -0.3 is 14.9 Å². The fourth-order valence-corrected chi connectivity index (χ4v) is 3.06. The number of hydrogen-bond acceptors (Lipinski definition) is 3. The molecule has 3 nitrogen and oxygen atoms in total. The molecule has 108 valence electrons. The molecular weight excluding hydrogens is 238 g/mol. The Morgan fingerprint density at radius 1 is 1.37 bits per heavy atom. The normalized spacial score (nSPS) is 27.2. The third-order valence-electron chi connectivity index (χ3n) is 4.20. The number of nitrogens with two attached hydrogens (primary N) is 1. The average molecular weight is 265 g/mol. The second-order valence-corrected chi connectivity index (χ2v) is 5.86. The van der Waals surface area contributed by atoms with Gasteiger partial charge in [-0.05, 0) is 44.7 Å². The highest BCUT2D eigenvalue weighted by atomic mass is 16.5. The highest BCUT2D eigenvalue weighted by Gasteiger charge is 2.30. The molecule has 1 fully saturated rings. The first kappa shape index (κ1) is 14.6. The Morgan fingerprint density at radius 2 is 2.11 bits per heavy atom. The van der Waals surface area contributed by atoms with Crippen LogP contribution in [0.1, 0.15) is 63.6 Å². The Kier molecular flexibility index (Phi) is 5.06. The Balaban J connectivity index is 2.07. The van der Waals surface area contributed by atoms with Gasteiger partial charge in [-0.1, -0.05) is 26.2 Å². The minimum Gasteiger partial charge on any atom is -0.464 e. The number of rotatable bonds is 5. The maximum atomic E-state index is 6.34. The van der Waals surface area contributed by atoms with Crippen molar-refractivity contribution in [2.45, 2.75) is 71.1 Å². The molecule has 1 saturated carbocycles. The predicted molar refractivity (Wildman–Crippen MR) is 77.0 cm³/mol. The lowest BCUT2D eigenvalue weighted by molar-refractivity contribution is -0.0778. The third kappa shape index (κ3) is 3.61. The van der Waals surface area contributed by atoms with Crippen LogP contribution in [0.2, 0.25) is 0 Å². The van der Waals surface area contributed by atoms with Crippen molar-refractivity contribution in [3.8, 4) is 0 Å². The van der Waals surface area contributed by atoms with Gasteiger partial charge in [-0.15, -0.1) is 0 Å². The summed E-state index contributed by atoms with van der Waals surface area (Å²) in [4.78, 5) is 0. The summed E-state index contributed by atoms with van der Waals surface area (Å²) in [5, 5.41) is 0. The lowest BCUT2D eigenvalue weighted by Crippen LogP contribution is -2.35. The molecule has 1 heterocycles. The van der Waals surface area contributed by atoms with E-state index in [1.165, 1.54) is 25.7 Å². The molecule has 19 heavy (non-hydrogen) atoms. The zero-order valence-corrected chi connectivity index (χ0v) is 12.4. The summed E-state index contributed by atoms with van der Waals surface area (Å²) in [6, 6.07) is 3.92. The fourth-order valence-electron chi connectivity index (χ4n) is 3.06. The van der Waals surface area contributed by atoms with E-state index in [0.717, 1.165) is 17.9 Å². The van der Waals surface area contributed by atoms with Gasteiger partial charge in [-0.25, -0.2) is 0 Å². The summed E-state index contributed by atoms with van der Waals surface area (Å²) in [5.74, 6) is 2.46. The number of hydrogen-bond donors (Lipinski definition) is 1. The average Bonchev–Trinajstić information content (AvgIpc) is 2.82. The van der Waals surface area contributed by atoms with Gasteiger partial charge in [0.1, 0.15) is 17.6 Å². The van der Waals surface area contributed by atoms with E-state index in [0.29, 0.717) is 12.0 Å². The van der Waals surface area contributed by atoms with Crippen molar-refractivity contribution in [1.82, 2.24) is 0 Å². The van der Waals surface area contributed by atoms with E-state index in [1.807, 2.05) is 26.0 Å². The lowest BCUT2D eigenvalue weighted by Gasteiger charge is -2.34. The van der Waals surface area contributed by atoms with Crippen LogP contribution in [0.15, 0.2) is 16.5 Å². The molecule has 1 aliphatic carbocycles. The second kappa shape index (κ2) is 6.58. The quantitative estimate of drug-likeness (QED) is 0.876. The molecule has 2 rings (SSSR count). The maximum absolute atomic E-state index is 6.34. The van der Waals surface area contributed by atoms with Crippen LogP contribution in [-0.4, -0.2) is 12.1 Å². The largest absolute Gasteiger partial charge is 0.464 e. The molecule has 4 unspecified atom stereocenters. The monoisotopic (exact) mass is 265 g/mol. The Hall–Kier alpha value is -0.800. The molecule has 0 saturated heterocycles. The summed E-state index contributed by atoms with van der Waals surface area (Å²) in [6.45, 7) is 6.20. The molecule has 1 aromatic rings. The molecule has 1 aliphatic rings. The van der Waals surface area contributed by atoms with Gasteiger partial charge in [-0.2, -0.15) is 0 Å². The van der Waals surface area contributed by atoms with E-state index in [9.17, 15) is 0 Å². The van der Waals surface area contributed by atoms with Gasteiger partial charge >= 0.3 is 0 Å². The van der Waals surface area contributed by atoms with E-state index in [2.05, 4.69) is 6.92 Å². The van der Waals surface area contributed by atoms with Crippen LogP contribution in [-0.2, 0) is 4.74 Å². The predicted octanol–water partition coefficient (Wildman–Crippen LogP) is 3.96. The number of aryl methyl sites for hydroxylation is 1. The smallest absolute Gasteiger partial charge is 0.134 e. The van der Waals surface area contributed by atoms with Crippen molar-refractivity contribution in [3.05, 3.63) is 23.7 Å². The van der Waals surface area contributed by atoms with E-state index in [1.54, 1.807) is 0 Å². The van der Waals surface area contributed by atoms with Crippen LogP contribution in [0.3, 0.4) is 0 Å². The van der Waals surface area contributed by atoms with Crippen LogP contribution in [0.25, 0.3) is 0 Å². The van der Waals surface area contributed by atoms with E-state index in [4.69, 9.17) is 14.9 Å². The molecule has 0 bridgehead atoms. The molecule has 0 aliphatic heterocycles. The van der Waals surface area contributed by atoms with Crippen molar-refractivity contribution in [2.24, 2.45) is 11.7 Å². The van der Waals surface area contributed by atoms with Gasteiger partial charge in [0.15, 0.2) is 0 Å². The summed E-state index contributed by atoms with van der Waals surface area (Å²) < 4.78 is 12.0. The zero-order chi connectivity index (χ0) is 13.8. The zero-order valence-electron chi connectivity index (χ0n) is 12.4. The number of ether oxygens (including phenoxy) is 1. The first-order chi connectivity index (χ1) is 9.11. The molecule has 0 radical (unpaired) electrons. The summed E-state index contributed by atoms with van der Waals surface area (Å²) in [6.07, 6.45) is 6.44. The molecule has 0 spiro atoms. The molecular formula is C16H27NO2. The highest BCUT2D eigenvalue weighted by molar-refractivity contribution is 5.10. The Bertz CT molecular complexity index is 386. The molecule has 1 aromatic heterocycles. The first-order valence-electron chi connectivity index (χ1n) is 7.59. The van der Waals surface area contributed by atoms with Gasteiger partial charge in [0.05, 0.1) is 6.10 Å². The minimum absolute atomic E-state index is 0.0509. The van der Waals surface area contributed by atoms with Crippen LogP contribution in [0, 0.1) is 12.8 Å². The van der Waals surface area contributed by atoms with Crippen LogP contribution < -0.4 is 5.73 Å². The van der Waals surface area contributed by atoms with Gasteiger partial charge in [0, 0.05) is 6.04 Å². The van der Waals surface area contributed by atoms with Crippen molar-refractivity contribution in [1.29, 1.82) is 0 Å². The van der Waals surface area contributed by atoms with Gasteiger partial charge in [0.2, 0.25) is 0 Å².